The lowest BCUT2D eigenvalue weighted by molar-refractivity contribution is -0.147. The monoisotopic (exact) mass is 255 g/mol. The number of hydrogen-bond donors (Lipinski definition) is 1. The minimum Gasteiger partial charge on any atom is -0.351 e. The fourth-order valence-corrected chi connectivity index (χ4v) is 2.56. The summed E-state index contributed by atoms with van der Waals surface area (Å²) in [5.74, 6) is 0. The van der Waals surface area contributed by atoms with Gasteiger partial charge in [-0.1, -0.05) is 24.5 Å². The highest BCUT2D eigenvalue weighted by Crippen LogP contribution is 2.22. The molecule has 0 amide bonds. The summed E-state index contributed by atoms with van der Waals surface area (Å²) in [6.07, 6.45) is 9.92. The lowest BCUT2D eigenvalue weighted by Crippen LogP contribution is -2.43. The van der Waals surface area contributed by atoms with Gasteiger partial charge in [-0.2, -0.15) is 0 Å². The molecule has 0 heterocycles. The van der Waals surface area contributed by atoms with Crippen molar-refractivity contribution >= 4 is 0 Å². The molecule has 1 N–H and O–H groups in total. The van der Waals surface area contributed by atoms with Crippen LogP contribution in [0.25, 0.3) is 0 Å². The number of ether oxygens (including phenoxy) is 2. The van der Waals surface area contributed by atoms with E-state index in [0.29, 0.717) is 13.2 Å². The Balaban J connectivity index is 2.70. The van der Waals surface area contributed by atoms with E-state index in [1.54, 1.807) is 0 Å². The first-order valence-electron chi connectivity index (χ1n) is 7.42. The standard InChI is InChI=1S/C15H29NO2/c1-4-17-15(18-5-2)14(16-3)13-11-9-7-6-8-10-12-13/h11,14-16H,4-10,12H2,1-3H3. The Kier molecular flexibility index (Phi) is 8.31. The third-order valence-corrected chi connectivity index (χ3v) is 3.47. The molecule has 3 heteroatoms. The van der Waals surface area contributed by atoms with Crippen LogP contribution in [0.2, 0.25) is 0 Å². The Morgan fingerprint density at radius 1 is 1.11 bits per heavy atom. The van der Waals surface area contributed by atoms with Crippen molar-refractivity contribution in [2.75, 3.05) is 20.3 Å². The Labute approximate surface area is 112 Å². The Bertz CT molecular complexity index is 235. The van der Waals surface area contributed by atoms with Crippen LogP contribution < -0.4 is 5.32 Å². The SMILES string of the molecule is CCOC(OCC)C(NC)C1=CCCCCCC1. The molecule has 0 aliphatic heterocycles. The van der Waals surface area contributed by atoms with Gasteiger partial charge >= 0.3 is 0 Å². The van der Waals surface area contributed by atoms with Crippen LogP contribution in [0.4, 0.5) is 0 Å². The number of nitrogens with one attached hydrogen (secondary N) is 1. The second-order valence-corrected chi connectivity index (χ2v) is 4.78. The maximum Gasteiger partial charge on any atom is 0.176 e. The van der Waals surface area contributed by atoms with Crippen molar-refractivity contribution in [3.8, 4) is 0 Å². The average molecular weight is 255 g/mol. The molecule has 1 aliphatic carbocycles. The molecule has 0 saturated heterocycles. The van der Waals surface area contributed by atoms with Crippen molar-refractivity contribution in [1.29, 1.82) is 0 Å². The molecule has 106 valence electrons. The smallest absolute Gasteiger partial charge is 0.176 e. The largest absolute Gasteiger partial charge is 0.351 e. The first kappa shape index (κ1) is 15.7. The van der Waals surface area contributed by atoms with Gasteiger partial charge < -0.3 is 14.8 Å². The first-order chi connectivity index (χ1) is 8.83. The molecule has 18 heavy (non-hydrogen) atoms. The summed E-state index contributed by atoms with van der Waals surface area (Å²) < 4.78 is 11.5. The average Bonchev–Trinajstić information content (AvgIpc) is 2.32. The summed E-state index contributed by atoms with van der Waals surface area (Å²) in [6.45, 7) is 5.42. The van der Waals surface area contributed by atoms with Crippen molar-refractivity contribution in [2.24, 2.45) is 0 Å². The third-order valence-electron chi connectivity index (χ3n) is 3.47. The normalized spacial score (nSPS) is 19.2. The van der Waals surface area contributed by atoms with Gasteiger partial charge in [0.2, 0.25) is 0 Å². The van der Waals surface area contributed by atoms with Crippen LogP contribution in [0.15, 0.2) is 11.6 Å². The van der Waals surface area contributed by atoms with Crippen LogP contribution in [0.3, 0.4) is 0 Å². The predicted octanol–water partition coefficient (Wildman–Crippen LogP) is 3.25. The molecule has 1 unspecified atom stereocenters. The molecular formula is C15H29NO2. The Morgan fingerprint density at radius 2 is 1.78 bits per heavy atom. The van der Waals surface area contributed by atoms with Crippen LogP contribution in [0.1, 0.15) is 52.4 Å². The van der Waals surface area contributed by atoms with E-state index in [-0.39, 0.29) is 12.3 Å². The molecule has 0 fully saturated rings. The summed E-state index contributed by atoms with van der Waals surface area (Å²) in [7, 11) is 2.00. The van der Waals surface area contributed by atoms with E-state index in [1.165, 1.54) is 44.1 Å². The fraction of sp³-hybridized carbons (Fsp3) is 0.867. The highest BCUT2D eigenvalue weighted by atomic mass is 16.7. The van der Waals surface area contributed by atoms with E-state index in [4.69, 9.17) is 9.47 Å². The van der Waals surface area contributed by atoms with Crippen molar-refractivity contribution in [2.45, 2.75) is 64.7 Å². The number of likely N-dealkylation sites (N-methyl/N-ethyl adjacent to an activating group) is 1. The summed E-state index contributed by atoms with van der Waals surface area (Å²) >= 11 is 0. The van der Waals surface area contributed by atoms with E-state index in [0.717, 1.165) is 0 Å². The molecule has 0 aromatic heterocycles. The van der Waals surface area contributed by atoms with Gasteiger partial charge in [0.25, 0.3) is 0 Å². The summed E-state index contributed by atoms with van der Waals surface area (Å²) in [5.41, 5.74) is 1.46. The summed E-state index contributed by atoms with van der Waals surface area (Å²) in [4.78, 5) is 0. The second-order valence-electron chi connectivity index (χ2n) is 4.78. The quantitative estimate of drug-likeness (QED) is 0.559. The van der Waals surface area contributed by atoms with Gasteiger partial charge in [-0.15, -0.1) is 0 Å². The van der Waals surface area contributed by atoms with Crippen LogP contribution in [0, 0.1) is 0 Å². The van der Waals surface area contributed by atoms with Gasteiger partial charge in [-0.3, -0.25) is 0 Å². The lowest BCUT2D eigenvalue weighted by atomic mass is 9.94. The molecule has 0 spiro atoms. The van der Waals surface area contributed by atoms with Crippen LogP contribution in [-0.2, 0) is 9.47 Å². The maximum absolute atomic E-state index is 5.74. The molecule has 1 rings (SSSR count). The zero-order valence-electron chi connectivity index (χ0n) is 12.2. The minimum atomic E-state index is -0.157. The molecule has 0 aromatic carbocycles. The van der Waals surface area contributed by atoms with Crippen molar-refractivity contribution in [3.63, 3.8) is 0 Å². The van der Waals surface area contributed by atoms with Crippen molar-refractivity contribution in [3.05, 3.63) is 11.6 Å². The van der Waals surface area contributed by atoms with E-state index in [2.05, 4.69) is 11.4 Å². The highest BCUT2D eigenvalue weighted by molar-refractivity contribution is 5.13. The highest BCUT2D eigenvalue weighted by Gasteiger charge is 2.24. The van der Waals surface area contributed by atoms with Crippen molar-refractivity contribution < 1.29 is 9.47 Å². The zero-order chi connectivity index (χ0) is 13.2. The van der Waals surface area contributed by atoms with E-state index < -0.39 is 0 Å². The second kappa shape index (κ2) is 9.54. The third kappa shape index (κ3) is 5.09. The molecule has 0 aromatic rings. The van der Waals surface area contributed by atoms with E-state index in [9.17, 15) is 0 Å². The topological polar surface area (TPSA) is 30.5 Å². The van der Waals surface area contributed by atoms with E-state index >= 15 is 0 Å². The minimum absolute atomic E-state index is 0.157. The molecule has 3 nitrogen and oxygen atoms in total. The zero-order valence-corrected chi connectivity index (χ0v) is 12.2. The van der Waals surface area contributed by atoms with Gasteiger partial charge in [0.15, 0.2) is 6.29 Å². The van der Waals surface area contributed by atoms with Crippen LogP contribution in [0.5, 0.6) is 0 Å². The number of hydrogen-bond acceptors (Lipinski definition) is 3. The summed E-state index contributed by atoms with van der Waals surface area (Å²) in [6, 6.07) is 0.197. The van der Waals surface area contributed by atoms with Crippen LogP contribution >= 0.6 is 0 Å². The Hall–Kier alpha value is -0.380. The predicted molar refractivity (Wildman–Crippen MR) is 75.7 cm³/mol. The van der Waals surface area contributed by atoms with Gasteiger partial charge in [0.05, 0.1) is 6.04 Å². The van der Waals surface area contributed by atoms with Gasteiger partial charge in [0.1, 0.15) is 0 Å². The van der Waals surface area contributed by atoms with E-state index in [1.807, 2.05) is 20.9 Å². The van der Waals surface area contributed by atoms with Crippen LogP contribution in [-0.4, -0.2) is 32.6 Å². The maximum atomic E-state index is 5.74. The number of rotatable bonds is 7. The van der Waals surface area contributed by atoms with Gasteiger partial charge in [0, 0.05) is 13.2 Å². The van der Waals surface area contributed by atoms with Gasteiger partial charge in [-0.25, -0.2) is 0 Å². The lowest BCUT2D eigenvalue weighted by Gasteiger charge is -2.29. The number of allylic oxidation sites excluding steroid dienone is 1. The first-order valence-corrected chi connectivity index (χ1v) is 7.42. The molecular weight excluding hydrogens is 226 g/mol. The Morgan fingerprint density at radius 3 is 2.39 bits per heavy atom. The summed E-state index contributed by atoms with van der Waals surface area (Å²) in [5, 5.41) is 3.37. The fourth-order valence-electron chi connectivity index (χ4n) is 2.56. The van der Waals surface area contributed by atoms with Gasteiger partial charge in [-0.05, 0) is 46.6 Å². The molecule has 1 atom stereocenters. The molecule has 0 bridgehead atoms. The molecule has 0 saturated carbocycles. The molecule has 0 radical (unpaired) electrons. The van der Waals surface area contributed by atoms with Crippen molar-refractivity contribution in [1.82, 2.24) is 5.32 Å². The molecule has 1 aliphatic rings.